The molecule has 0 aliphatic carbocycles. The van der Waals surface area contributed by atoms with Crippen molar-refractivity contribution in [2.75, 3.05) is 0 Å². The topological polar surface area (TPSA) is 17.1 Å². The molecule has 6 heteroatoms. The van der Waals surface area contributed by atoms with Gasteiger partial charge in [0.05, 0.1) is 30.6 Å². The lowest BCUT2D eigenvalue weighted by molar-refractivity contribution is 0.683. The first kappa shape index (κ1) is 14.2. The van der Waals surface area contributed by atoms with Crippen molar-refractivity contribution in [3.63, 3.8) is 0 Å². The van der Waals surface area contributed by atoms with E-state index in [0.717, 1.165) is 0 Å². The zero-order valence-electron chi connectivity index (χ0n) is 8.79. The van der Waals surface area contributed by atoms with E-state index in [1.54, 1.807) is 36.4 Å². The normalized spacial score (nSPS) is 10.9. The molecule has 0 bridgehead atoms. The summed E-state index contributed by atoms with van der Waals surface area (Å²) in [4.78, 5) is 0.821. The molecule has 1 nitrogen and oxygen atoms in total. The van der Waals surface area contributed by atoms with Crippen LogP contribution in [0.3, 0.4) is 0 Å². The first-order valence-electron chi connectivity index (χ1n) is 4.81. The Morgan fingerprint density at radius 1 is 0.722 bits per heavy atom. The molecule has 0 aliphatic heterocycles. The predicted molar refractivity (Wildman–Crippen MR) is 77.6 cm³/mol. The quantitative estimate of drug-likeness (QED) is 0.709. The molecule has 0 saturated carbocycles. The minimum atomic E-state index is -1.52. The van der Waals surface area contributed by atoms with E-state index in [2.05, 4.69) is 0 Å². The molecule has 0 N–H and O–H groups in total. The summed E-state index contributed by atoms with van der Waals surface area (Å²) in [5, 5.41) is 1.66. The van der Waals surface area contributed by atoms with E-state index in [9.17, 15) is 4.21 Å². The third-order valence-corrected chi connectivity index (χ3v) is 5.01. The fraction of sp³-hybridized carbons (Fsp3) is 0. The number of rotatable bonds is 2. The van der Waals surface area contributed by atoms with E-state index < -0.39 is 10.8 Å². The second-order valence-electron chi connectivity index (χ2n) is 3.42. The van der Waals surface area contributed by atoms with Crippen LogP contribution in [0.15, 0.2) is 46.2 Å². The Bertz CT molecular complexity index is 574. The van der Waals surface area contributed by atoms with E-state index >= 15 is 0 Å². The van der Waals surface area contributed by atoms with Crippen LogP contribution in [0.2, 0.25) is 20.1 Å². The molecule has 0 atom stereocenters. The van der Waals surface area contributed by atoms with Crippen molar-refractivity contribution in [2.45, 2.75) is 9.79 Å². The minimum absolute atomic E-state index is 0.369. The molecule has 0 fully saturated rings. The summed E-state index contributed by atoms with van der Waals surface area (Å²) >= 11 is 23.7. The van der Waals surface area contributed by atoms with Gasteiger partial charge >= 0.3 is 0 Å². The monoisotopic (exact) mass is 338 g/mol. The van der Waals surface area contributed by atoms with Crippen molar-refractivity contribution in [3.05, 3.63) is 56.5 Å². The Morgan fingerprint density at radius 3 is 1.50 bits per heavy atom. The molecule has 0 aliphatic rings. The third kappa shape index (κ3) is 3.01. The fourth-order valence-corrected chi connectivity index (χ4v) is 3.68. The van der Waals surface area contributed by atoms with Gasteiger partial charge in [-0.3, -0.25) is 0 Å². The molecule has 0 saturated heterocycles. The molecule has 0 radical (unpaired) electrons. The molecule has 2 aromatic carbocycles. The SMILES string of the molecule is O=S(c1cc(Cl)ccc1Cl)c1cc(Cl)ccc1Cl. The van der Waals surface area contributed by atoms with E-state index in [1.165, 1.54) is 0 Å². The van der Waals surface area contributed by atoms with Crippen molar-refractivity contribution in [1.82, 2.24) is 0 Å². The zero-order chi connectivity index (χ0) is 13.3. The summed E-state index contributed by atoms with van der Waals surface area (Å²) in [7, 11) is -1.52. The second-order valence-corrected chi connectivity index (χ2v) is 6.52. The van der Waals surface area contributed by atoms with Crippen LogP contribution in [0, 0.1) is 0 Å². The Hall–Kier alpha value is -0.250. The average molecular weight is 340 g/mol. The summed E-state index contributed by atoms with van der Waals surface area (Å²) in [5.74, 6) is 0. The lowest BCUT2D eigenvalue weighted by atomic mass is 10.3. The van der Waals surface area contributed by atoms with Crippen LogP contribution in [-0.4, -0.2) is 4.21 Å². The minimum Gasteiger partial charge on any atom is -0.249 e. The first-order valence-corrected chi connectivity index (χ1v) is 7.47. The van der Waals surface area contributed by atoms with Gasteiger partial charge in [0.25, 0.3) is 0 Å². The van der Waals surface area contributed by atoms with Crippen molar-refractivity contribution in [3.8, 4) is 0 Å². The molecule has 18 heavy (non-hydrogen) atoms. The number of benzene rings is 2. The van der Waals surface area contributed by atoms with Gasteiger partial charge in [-0.1, -0.05) is 46.4 Å². The predicted octanol–water partition coefficient (Wildman–Crippen LogP) is 5.47. The zero-order valence-corrected chi connectivity index (χ0v) is 12.6. The summed E-state index contributed by atoms with van der Waals surface area (Å²) in [6.07, 6.45) is 0. The van der Waals surface area contributed by atoms with E-state index in [4.69, 9.17) is 46.4 Å². The van der Waals surface area contributed by atoms with Crippen LogP contribution in [-0.2, 0) is 10.8 Å². The highest BCUT2D eigenvalue weighted by molar-refractivity contribution is 7.85. The lowest BCUT2D eigenvalue weighted by Gasteiger charge is -2.07. The molecule has 2 aromatic rings. The lowest BCUT2D eigenvalue weighted by Crippen LogP contribution is -1.95. The van der Waals surface area contributed by atoms with Crippen LogP contribution in [0.5, 0.6) is 0 Å². The maximum absolute atomic E-state index is 12.4. The molecule has 0 amide bonds. The van der Waals surface area contributed by atoms with Gasteiger partial charge in [-0.2, -0.15) is 0 Å². The van der Waals surface area contributed by atoms with Gasteiger partial charge in [0.1, 0.15) is 0 Å². The van der Waals surface area contributed by atoms with Crippen LogP contribution < -0.4 is 0 Å². The summed E-state index contributed by atoms with van der Waals surface area (Å²) < 4.78 is 12.4. The van der Waals surface area contributed by atoms with Crippen molar-refractivity contribution in [1.29, 1.82) is 0 Å². The van der Waals surface area contributed by atoms with E-state index in [-0.39, 0.29) is 0 Å². The van der Waals surface area contributed by atoms with Gasteiger partial charge in [-0.05, 0) is 36.4 Å². The summed E-state index contributed by atoms with van der Waals surface area (Å²) in [5.41, 5.74) is 0. The smallest absolute Gasteiger partial charge is 0.0881 e. The van der Waals surface area contributed by atoms with Gasteiger partial charge in [-0.15, -0.1) is 0 Å². The summed E-state index contributed by atoms with van der Waals surface area (Å²) in [6, 6.07) is 9.55. The fourth-order valence-electron chi connectivity index (χ4n) is 1.36. The Kier molecular flexibility index (Phi) is 4.57. The van der Waals surface area contributed by atoms with Crippen LogP contribution in [0.1, 0.15) is 0 Å². The maximum atomic E-state index is 12.4. The van der Waals surface area contributed by atoms with Gasteiger partial charge in [-0.25, -0.2) is 4.21 Å². The van der Waals surface area contributed by atoms with Gasteiger partial charge in [0.15, 0.2) is 0 Å². The van der Waals surface area contributed by atoms with Crippen molar-refractivity contribution < 1.29 is 4.21 Å². The standard InChI is InChI=1S/C12H6Cl4OS/c13-7-1-3-9(15)11(5-7)18(17)12-6-8(14)2-4-10(12)16/h1-6H. The Morgan fingerprint density at radius 2 is 1.11 bits per heavy atom. The summed E-state index contributed by atoms with van der Waals surface area (Å²) in [6.45, 7) is 0. The van der Waals surface area contributed by atoms with Gasteiger partial charge in [0, 0.05) is 10.0 Å². The van der Waals surface area contributed by atoms with Crippen molar-refractivity contribution in [2.24, 2.45) is 0 Å². The molecular weight excluding hydrogens is 334 g/mol. The molecule has 0 heterocycles. The van der Waals surface area contributed by atoms with Gasteiger partial charge < -0.3 is 0 Å². The maximum Gasteiger partial charge on any atom is 0.0881 e. The molecule has 94 valence electrons. The Labute approximate surface area is 127 Å². The number of hydrogen-bond donors (Lipinski definition) is 0. The van der Waals surface area contributed by atoms with Crippen LogP contribution in [0.4, 0.5) is 0 Å². The molecular formula is C12H6Cl4OS. The van der Waals surface area contributed by atoms with Crippen molar-refractivity contribution >= 4 is 57.2 Å². The highest BCUT2D eigenvalue weighted by Gasteiger charge is 2.15. The van der Waals surface area contributed by atoms with E-state index in [1.807, 2.05) is 0 Å². The Balaban J connectivity index is 2.54. The molecule has 0 unspecified atom stereocenters. The van der Waals surface area contributed by atoms with Crippen LogP contribution >= 0.6 is 46.4 Å². The molecule has 0 aromatic heterocycles. The number of halogens is 4. The first-order chi connectivity index (χ1) is 8.49. The third-order valence-electron chi connectivity index (χ3n) is 2.19. The van der Waals surface area contributed by atoms with E-state index in [0.29, 0.717) is 29.9 Å². The molecule has 2 rings (SSSR count). The largest absolute Gasteiger partial charge is 0.249 e. The van der Waals surface area contributed by atoms with Gasteiger partial charge in [0.2, 0.25) is 0 Å². The average Bonchev–Trinajstić information content (AvgIpc) is 2.34. The highest BCUT2D eigenvalue weighted by atomic mass is 35.5. The van der Waals surface area contributed by atoms with Crippen LogP contribution in [0.25, 0.3) is 0 Å². The highest BCUT2D eigenvalue weighted by Crippen LogP contribution is 2.31. The number of hydrogen-bond acceptors (Lipinski definition) is 1. The second kappa shape index (κ2) is 5.81. The molecule has 0 spiro atoms.